The lowest BCUT2D eigenvalue weighted by Crippen LogP contribution is -2.38. The fraction of sp³-hybridized carbons (Fsp3) is 0.217. The number of fused-ring (bicyclic) bond motifs is 1. The van der Waals surface area contributed by atoms with Crippen LogP contribution in [0.5, 0.6) is 0 Å². The number of allylic oxidation sites excluding steroid dienone is 1. The normalized spacial score (nSPS) is 22.6. The Labute approximate surface area is 184 Å². The SMILES string of the molecule is O=C1CSC2=NC3=C(CCC/C3=C\c3ccc(Cl)cc3)[C@H](c3ccc(Cl)cc3)N12. The summed E-state index contributed by atoms with van der Waals surface area (Å²) in [4.78, 5) is 19.5. The third-order valence-electron chi connectivity index (χ3n) is 5.49. The molecule has 2 aromatic rings. The Morgan fingerprint density at radius 2 is 1.69 bits per heavy atom. The minimum absolute atomic E-state index is 0.105. The molecule has 146 valence electrons. The lowest BCUT2D eigenvalue weighted by atomic mass is 9.83. The quantitative estimate of drug-likeness (QED) is 0.533. The molecule has 2 aliphatic heterocycles. The number of carbonyl (C=O) groups is 1. The van der Waals surface area contributed by atoms with Crippen LogP contribution in [0.15, 0.2) is 70.4 Å². The Bertz CT molecular complexity index is 1070. The van der Waals surface area contributed by atoms with Crippen LogP contribution in [0.2, 0.25) is 10.0 Å². The molecule has 0 spiro atoms. The van der Waals surface area contributed by atoms with Crippen molar-refractivity contribution < 1.29 is 4.79 Å². The van der Waals surface area contributed by atoms with Crippen LogP contribution in [-0.4, -0.2) is 21.7 Å². The Hall–Kier alpha value is -2.01. The van der Waals surface area contributed by atoms with E-state index < -0.39 is 0 Å². The first-order valence-electron chi connectivity index (χ1n) is 9.59. The van der Waals surface area contributed by atoms with Gasteiger partial charge in [0, 0.05) is 10.0 Å². The Morgan fingerprint density at radius 3 is 2.41 bits per heavy atom. The smallest absolute Gasteiger partial charge is 0.239 e. The summed E-state index contributed by atoms with van der Waals surface area (Å²) >= 11 is 13.7. The van der Waals surface area contributed by atoms with E-state index in [1.165, 1.54) is 22.9 Å². The van der Waals surface area contributed by atoms with Gasteiger partial charge in [-0.15, -0.1) is 0 Å². The molecule has 0 unspecified atom stereocenters. The Morgan fingerprint density at radius 1 is 1.00 bits per heavy atom. The molecule has 2 heterocycles. The van der Waals surface area contributed by atoms with E-state index in [-0.39, 0.29) is 11.9 Å². The summed E-state index contributed by atoms with van der Waals surface area (Å²) in [5, 5.41) is 2.23. The van der Waals surface area contributed by atoms with Crippen LogP contribution in [-0.2, 0) is 4.79 Å². The number of halogens is 2. The van der Waals surface area contributed by atoms with Gasteiger partial charge in [-0.1, -0.05) is 59.2 Å². The second-order valence-electron chi connectivity index (χ2n) is 7.35. The Balaban J connectivity index is 1.64. The molecule has 1 fully saturated rings. The molecule has 0 radical (unpaired) electrons. The van der Waals surface area contributed by atoms with Crippen LogP contribution in [0, 0.1) is 0 Å². The van der Waals surface area contributed by atoms with Gasteiger partial charge in [-0.3, -0.25) is 9.69 Å². The van der Waals surface area contributed by atoms with E-state index >= 15 is 0 Å². The number of amides is 1. The summed E-state index contributed by atoms with van der Waals surface area (Å²) in [6, 6.07) is 15.6. The van der Waals surface area contributed by atoms with E-state index in [2.05, 4.69) is 6.08 Å². The number of nitrogens with zero attached hydrogens (tertiary/aromatic N) is 2. The van der Waals surface area contributed by atoms with Crippen molar-refractivity contribution in [2.24, 2.45) is 4.99 Å². The average Bonchev–Trinajstić information content (AvgIpc) is 3.10. The molecular formula is C23H18Cl2N2OS. The molecule has 3 aliphatic rings. The van der Waals surface area contributed by atoms with Gasteiger partial charge in [0.25, 0.3) is 0 Å². The predicted octanol–water partition coefficient (Wildman–Crippen LogP) is 6.50. The van der Waals surface area contributed by atoms with E-state index in [0.29, 0.717) is 10.8 Å². The lowest BCUT2D eigenvalue weighted by Gasteiger charge is -2.37. The fourth-order valence-corrected chi connectivity index (χ4v) is 5.33. The van der Waals surface area contributed by atoms with Gasteiger partial charge in [-0.05, 0) is 71.9 Å². The van der Waals surface area contributed by atoms with Gasteiger partial charge in [0.15, 0.2) is 5.17 Å². The first kappa shape index (κ1) is 19.0. The van der Waals surface area contributed by atoms with Crippen LogP contribution in [0.1, 0.15) is 36.4 Å². The molecule has 2 aromatic carbocycles. The number of aliphatic imine (C=N–C) groups is 1. The number of hydrogen-bond donors (Lipinski definition) is 0. The monoisotopic (exact) mass is 440 g/mol. The predicted molar refractivity (Wildman–Crippen MR) is 121 cm³/mol. The molecule has 0 saturated carbocycles. The molecule has 0 N–H and O–H groups in total. The van der Waals surface area contributed by atoms with Gasteiger partial charge in [-0.25, -0.2) is 4.99 Å². The van der Waals surface area contributed by atoms with E-state index in [4.69, 9.17) is 28.2 Å². The number of amidine groups is 1. The van der Waals surface area contributed by atoms with E-state index in [1.54, 1.807) is 0 Å². The third-order valence-corrected chi connectivity index (χ3v) is 6.93. The zero-order chi connectivity index (χ0) is 20.0. The van der Waals surface area contributed by atoms with Crippen molar-refractivity contribution in [1.82, 2.24) is 4.90 Å². The van der Waals surface area contributed by atoms with Crippen molar-refractivity contribution in [2.75, 3.05) is 5.75 Å². The summed E-state index contributed by atoms with van der Waals surface area (Å²) in [6.45, 7) is 0. The van der Waals surface area contributed by atoms with Crippen LogP contribution in [0.25, 0.3) is 6.08 Å². The zero-order valence-electron chi connectivity index (χ0n) is 15.6. The van der Waals surface area contributed by atoms with Crippen LogP contribution >= 0.6 is 35.0 Å². The number of benzene rings is 2. The Kier molecular flexibility index (Phi) is 5.02. The molecule has 1 aliphatic carbocycles. The van der Waals surface area contributed by atoms with Crippen molar-refractivity contribution in [3.8, 4) is 0 Å². The van der Waals surface area contributed by atoms with Crippen molar-refractivity contribution >= 4 is 52.1 Å². The van der Waals surface area contributed by atoms with E-state index in [0.717, 1.165) is 46.3 Å². The van der Waals surface area contributed by atoms with Crippen LogP contribution in [0.3, 0.4) is 0 Å². The van der Waals surface area contributed by atoms with Gasteiger partial charge in [0.2, 0.25) is 5.91 Å². The maximum Gasteiger partial charge on any atom is 0.239 e. The number of hydrogen-bond acceptors (Lipinski definition) is 3. The molecule has 3 nitrogen and oxygen atoms in total. The molecular weight excluding hydrogens is 423 g/mol. The maximum absolute atomic E-state index is 12.7. The topological polar surface area (TPSA) is 32.7 Å². The number of carbonyl (C=O) groups excluding carboxylic acids is 1. The van der Waals surface area contributed by atoms with E-state index in [9.17, 15) is 4.79 Å². The second kappa shape index (κ2) is 7.67. The molecule has 0 aromatic heterocycles. The lowest BCUT2D eigenvalue weighted by molar-refractivity contribution is -0.125. The molecule has 29 heavy (non-hydrogen) atoms. The third kappa shape index (κ3) is 3.54. The van der Waals surface area contributed by atoms with Gasteiger partial charge >= 0.3 is 0 Å². The fourth-order valence-electron chi connectivity index (χ4n) is 4.18. The highest BCUT2D eigenvalue weighted by Crippen LogP contribution is 2.47. The van der Waals surface area contributed by atoms with Crippen LogP contribution < -0.4 is 0 Å². The minimum Gasteiger partial charge on any atom is -0.279 e. The van der Waals surface area contributed by atoms with Crippen LogP contribution in [0.4, 0.5) is 0 Å². The second-order valence-corrected chi connectivity index (χ2v) is 9.16. The molecule has 1 saturated heterocycles. The summed E-state index contributed by atoms with van der Waals surface area (Å²) in [5.74, 6) is 0.564. The largest absolute Gasteiger partial charge is 0.279 e. The average molecular weight is 441 g/mol. The highest BCUT2D eigenvalue weighted by molar-refractivity contribution is 8.15. The minimum atomic E-state index is -0.105. The van der Waals surface area contributed by atoms with Crippen molar-refractivity contribution in [2.45, 2.75) is 25.3 Å². The molecule has 0 bridgehead atoms. The number of thioether (sulfide) groups is 1. The molecule has 5 rings (SSSR count). The summed E-state index contributed by atoms with van der Waals surface area (Å²) in [5.41, 5.74) is 5.68. The van der Waals surface area contributed by atoms with Crippen molar-refractivity contribution in [3.05, 3.63) is 86.5 Å². The van der Waals surface area contributed by atoms with Gasteiger partial charge in [-0.2, -0.15) is 0 Å². The standard InChI is InChI=1S/C23H18Cl2N2OS/c24-17-8-4-14(5-9-17)12-16-2-1-3-19-21(16)26-23-27(20(28)13-29-23)22(19)15-6-10-18(25)11-7-15/h4-12,22H,1-3,13H2/b16-12+/t22-/m0/s1. The van der Waals surface area contributed by atoms with Gasteiger partial charge in [0.05, 0.1) is 17.5 Å². The highest BCUT2D eigenvalue weighted by Gasteiger charge is 2.42. The zero-order valence-corrected chi connectivity index (χ0v) is 17.9. The first-order valence-corrected chi connectivity index (χ1v) is 11.3. The van der Waals surface area contributed by atoms with Gasteiger partial charge < -0.3 is 0 Å². The number of rotatable bonds is 2. The molecule has 1 atom stereocenters. The summed E-state index contributed by atoms with van der Waals surface area (Å²) < 4.78 is 0. The summed E-state index contributed by atoms with van der Waals surface area (Å²) in [6.07, 6.45) is 5.16. The molecule has 1 amide bonds. The summed E-state index contributed by atoms with van der Waals surface area (Å²) in [7, 11) is 0. The van der Waals surface area contributed by atoms with Crippen molar-refractivity contribution in [1.29, 1.82) is 0 Å². The van der Waals surface area contributed by atoms with Crippen molar-refractivity contribution in [3.63, 3.8) is 0 Å². The highest BCUT2D eigenvalue weighted by atomic mass is 35.5. The van der Waals surface area contributed by atoms with Gasteiger partial charge in [0.1, 0.15) is 0 Å². The molecule has 6 heteroatoms. The van der Waals surface area contributed by atoms with E-state index in [1.807, 2.05) is 53.4 Å². The maximum atomic E-state index is 12.7. The first-order chi connectivity index (χ1) is 14.1.